The highest BCUT2D eigenvalue weighted by Crippen LogP contribution is 2.30. The Kier molecular flexibility index (Phi) is 1.67. The standard InChI is InChI=1S/C12H7OS/c1-2-4-12-10(3-1)11(7-13-12)9-5-6-14-8-9/h1-6,8H. The van der Waals surface area contributed by atoms with Gasteiger partial charge in [0, 0.05) is 10.9 Å². The zero-order chi connectivity index (χ0) is 9.38. The Balaban J connectivity index is 2.33. The lowest BCUT2D eigenvalue weighted by molar-refractivity contribution is 0.607. The molecule has 14 heavy (non-hydrogen) atoms. The van der Waals surface area contributed by atoms with E-state index in [9.17, 15) is 0 Å². The molecule has 0 saturated heterocycles. The van der Waals surface area contributed by atoms with Crippen LogP contribution in [0.15, 0.2) is 45.5 Å². The van der Waals surface area contributed by atoms with Gasteiger partial charge in [0.1, 0.15) is 5.58 Å². The number of fused-ring (bicyclic) bond motifs is 1. The predicted molar refractivity (Wildman–Crippen MR) is 58.4 cm³/mol. The van der Waals surface area contributed by atoms with E-state index in [2.05, 4.69) is 29.2 Å². The van der Waals surface area contributed by atoms with E-state index in [1.807, 2.05) is 18.2 Å². The van der Waals surface area contributed by atoms with E-state index in [-0.39, 0.29) is 0 Å². The van der Waals surface area contributed by atoms with E-state index >= 15 is 0 Å². The summed E-state index contributed by atoms with van der Waals surface area (Å²) in [5.41, 5.74) is 3.13. The first-order chi connectivity index (χ1) is 6.95. The highest BCUT2D eigenvalue weighted by atomic mass is 32.1. The highest BCUT2D eigenvalue weighted by molar-refractivity contribution is 7.08. The minimum Gasteiger partial charge on any atom is -0.452 e. The van der Waals surface area contributed by atoms with Crippen molar-refractivity contribution in [2.45, 2.75) is 0 Å². The summed E-state index contributed by atoms with van der Waals surface area (Å²) in [7, 11) is 0. The van der Waals surface area contributed by atoms with Gasteiger partial charge in [0.05, 0.1) is 0 Å². The van der Waals surface area contributed by atoms with E-state index in [4.69, 9.17) is 4.42 Å². The molecular formula is C12H7OS. The van der Waals surface area contributed by atoms with Gasteiger partial charge in [0.15, 0.2) is 6.26 Å². The van der Waals surface area contributed by atoms with Crippen LogP contribution in [0.5, 0.6) is 0 Å². The lowest BCUT2D eigenvalue weighted by atomic mass is 10.1. The molecule has 2 heterocycles. The summed E-state index contributed by atoms with van der Waals surface area (Å²) in [5.74, 6) is 0. The molecule has 0 amide bonds. The number of furan rings is 1. The first-order valence-electron chi connectivity index (χ1n) is 4.37. The molecule has 3 rings (SSSR count). The van der Waals surface area contributed by atoms with E-state index < -0.39 is 0 Å². The van der Waals surface area contributed by atoms with Crippen molar-refractivity contribution in [2.24, 2.45) is 0 Å². The van der Waals surface area contributed by atoms with Gasteiger partial charge in [-0.2, -0.15) is 11.3 Å². The van der Waals surface area contributed by atoms with Crippen molar-refractivity contribution in [2.75, 3.05) is 0 Å². The molecule has 0 aliphatic rings. The van der Waals surface area contributed by atoms with Crippen LogP contribution >= 0.6 is 11.3 Å². The molecule has 0 N–H and O–H groups in total. The summed E-state index contributed by atoms with van der Waals surface area (Å²) in [6.07, 6.45) is 2.95. The van der Waals surface area contributed by atoms with Gasteiger partial charge in [0.2, 0.25) is 0 Å². The van der Waals surface area contributed by atoms with E-state index in [0.717, 1.165) is 16.5 Å². The molecule has 0 aliphatic carbocycles. The molecule has 1 nitrogen and oxygen atoms in total. The third-order valence-electron chi connectivity index (χ3n) is 2.23. The Bertz CT molecular complexity index is 548. The number of rotatable bonds is 1. The fourth-order valence-electron chi connectivity index (χ4n) is 1.54. The van der Waals surface area contributed by atoms with Gasteiger partial charge in [-0.05, 0) is 28.5 Å². The molecule has 1 aromatic carbocycles. The summed E-state index contributed by atoms with van der Waals surface area (Å²) in [6.45, 7) is 0. The van der Waals surface area contributed by atoms with Crippen LogP contribution in [0.25, 0.3) is 22.1 Å². The molecule has 0 atom stereocenters. The van der Waals surface area contributed by atoms with E-state index in [1.165, 1.54) is 5.56 Å². The summed E-state index contributed by atoms with van der Waals surface area (Å²) in [6, 6.07) is 10.1. The van der Waals surface area contributed by atoms with Crippen LogP contribution < -0.4 is 0 Å². The van der Waals surface area contributed by atoms with Gasteiger partial charge in [-0.15, -0.1) is 0 Å². The predicted octanol–water partition coefficient (Wildman–Crippen LogP) is 3.96. The lowest BCUT2D eigenvalue weighted by Crippen LogP contribution is -1.68. The Hall–Kier alpha value is -1.54. The van der Waals surface area contributed by atoms with Crippen molar-refractivity contribution >= 4 is 22.3 Å². The third-order valence-corrected chi connectivity index (χ3v) is 2.91. The molecule has 0 bridgehead atoms. The number of para-hydroxylation sites is 1. The maximum absolute atomic E-state index is 5.35. The minimum atomic E-state index is 0.897. The van der Waals surface area contributed by atoms with Crippen LogP contribution in [-0.4, -0.2) is 0 Å². The average Bonchev–Trinajstić information content (AvgIpc) is 2.85. The Morgan fingerprint density at radius 1 is 1.14 bits per heavy atom. The smallest absolute Gasteiger partial charge is 0.179 e. The number of thiophene rings is 1. The second-order valence-electron chi connectivity index (χ2n) is 3.09. The summed E-state index contributed by atoms with van der Waals surface area (Å²) < 4.78 is 5.35. The Labute approximate surface area is 85.6 Å². The van der Waals surface area contributed by atoms with Crippen LogP contribution in [0, 0.1) is 6.26 Å². The van der Waals surface area contributed by atoms with Crippen molar-refractivity contribution in [3.8, 4) is 11.1 Å². The normalized spacial score (nSPS) is 10.9. The largest absolute Gasteiger partial charge is 0.452 e. The quantitative estimate of drug-likeness (QED) is 0.578. The average molecular weight is 199 g/mol. The molecule has 3 aromatic rings. The third kappa shape index (κ3) is 1.08. The molecule has 2 aromatic heterocycles. The van der Waals surface area contributed by atoms with E-state index in [0.29, 0.717) is 0 Å². The van der Waals surface area contributed by atoms with Gasteiger partial charge >= 0.3 is 0 Å². The monoisotopic (exact) mass is 199 g/mol. The molecule has 2 heteroatoms. The zero-order valence-electron chi connectivity index (χ0n) is 7.36. The van der Waals surface area contributed by atoms with Gasteiger partial charge in [-0.3, -0.25) is 0 Å². The first-order valence-corrected chi connectivity index (χ1v) is 5.31. The number of hydrogen-bond acceptors (Lipinski definition) is 2. The maximum Gasteiger partial charge on any atom is 0.179 e. The highest BCUT2D eigenvalue weighted by Gasteiger charge is 2.07. The topological polar surface area (TPSA) is 13.1 Å². The Morgan fingerprint density at radius 3 is 2.93 bits per heavy atom. The summed E-state index contributed by atoms with van der Waals surface area (Å²) >= 11 is 1.68. The minimum absolute atomic E-state index is 0.897. The second-order valence-corrected chi connectivity index (χ2v) is 3.87. The molecule has 1 radical (unpaired) electrons. The fourth-order valence-corrected chi connectivity index (χ4v) is 2.19. The second kappa shape index (κ2) is 3.00. The maximum atomic E-state index is 5.35. The number of hydrogen-bond donors (Lipinski definition) is 0. The summed E-state index contributed by atoms with van der Waals surface area (Å²) in [5, 5.41) is 5.30. The van der Waals surface area contributed by atoms with Crippen LogP contribution in [0.3, 0.4) is 0 Å². The SMILES string of the molecule is [c]1oc2ccccc2c1-c1ccsc1. The van der Waals surface area contributed by atoms with Crippen molar-refractivity contribution in [1.29, 1.82) is 0 Å². The molecule has 0 unspecified atom stereocenters. The molecule has 67 valence electrons. The van der Waals surface area contributed by atoms with Gasteiger partial charge in [0.25, 0.3) is 0 Å². The number of benzene rings is 1. The zero-order valence-corrected chi connectivity index (χ0v) is 8.17. The summed E-state index contributed by atoms with van der Waals surface area (Å²) in [4.78, 5) is 0. The van der Waals surface area contributed by atoms with Crippen molar-refractivity contribution in [1.82, 2.24) is 0 Å². The van der Waals surface area contributed by atoms with Crippen LogP contribution in [0.4, 0.5) is 0 Å². The molecule has 0 aliphatic heterocycles. The van der Waals surface area contributed by atoms with Crippen molar-refractivity contribution in [3.63, 3.8) is 0 Å². The molecule has 0 fully saturated rings. The lowest BCUT2D eigenvalue weighted by Gasteiger charge is -1.91. The van der Waals surface area contributed by atoms with Crippen LogP contribution in [-0.2, 0) is 0 Å². The van der Waals surface area contributed by atoms with Gasteiger partial charge in [-0.25, -0.2) is 0 Å². The van der Waals surface area contributed by atoms with Crippen LogP contribution in [0.1, 0.15) is 0 Å². The van der Waals surface area contributed by atoms with Crippen molar-refractivity contribution in [3.05, 3.63) is 47.4 Å². The van der Waals surface area contributed by atoms with E-state index in [1.54, 1.807) is 11.3 Å². The Morgan fingerprint density at radius 2 is 2.07 bits per heavy atom. The molecular weight excluding hydrogens is 192 g/mol. The van der Waals surface area contributed by atoms with Gasteiger partial charge < -0.3 is 4.42 Å². The van der Waals surface area contributed by atoms with Crippen molar-refractivity contribution < 1.29 is 4.42 Å². The fraction of sp³-hybridized carbons (Fsp3) is 0. The molecule has 0 spiro atoms. The first kappa shape index (κ1) is 7.83. The van der Waals surface area contributed by atoms with Crippen LogP contribution in [0.2, 0.25) is 0 Å². The molecule has 0 saturated carbocycles. The van der Waals surface area contributed by atoms with Gasteiger partial charge in [-0.1, -0.05) is 18.2 Å².